The Balaban J connectivity index is 2.13. The molecule has 7 heteroatoms. The van der Waals surface area contributed by atoms with Crippen LogP contribution in [-0.2, 0) is 9.53 Å². The maximum Gasteiger partial charge on any atom is 0.326 e. The van der Waals surface area contributed by atoms with Crippen LogP contribution in [0.15, 0.2) is 0 Å². The van der Waals surface area contributed by atoms with Crippen LogP contribution >= 0.6 is 0 Å². The molecule has 2 rings (SSSR count). The smallest absolute Gasteiger partial charge is 0.326 e. The number of ether oxygens (including phenoxy) is 1. The van der Waals surface area contributed by atoms with Crippen molar-refractivity contribution in [3.05, 3.63) is 0 Å². The van der Waals surface area contributed by atoms with E-state index in [-0.39, 0.29) is 30.9 Å². The number of carbonyl (C=O) groups is 2. The Labute approximate surface area is 105 Å². The third-order valence-corrected chi connectivity index (χ3v) is 3.73. The molecule has 0 radical (unpaired) electrons. The number of nitrogens with one attached hydrogen (secondary N) is 1. The molecule has 102 valence electrons. The van der Waals surface area contributed by atoms with Gasteiger partial charge >= 0.3 is 6.03 Å². The van der Waals surface area contributed by atoms with Crippen LogP contribution in [0.5, 0.6) is 0 Å². The number of carbonyl (C=O) groups excluding carboxylic acids is 2. The van der Waals surface area contributed by atoms with E-state index in [1.807, 2.05) is 0 Å². The first-order chi connectivity index (χ1) is 8.45. The van der Waals surface area contributed by atoms with Gasteiger partial charge in [0.15, 0.2) is 0 Å². The van der Waals surface area contributed by atoms with E-state index in [1.165, 1.54) is 4.90 Å². The highest BCUT2D eigenvalue weighted by atomic mass is 16.5. The number of hydrogen-bond acceptors (Lipinski definition) is 5. The van der Waals surface area contributed by atoms with Gasteiger partial charge in [-0.2, -0.15) is 0 Å². The summed E-state index contributed by atoms with van der Waals surface area (Å²) < 4.78 is 5.44. The first kappa shape index (κ1) is 13.3. The lowest BCUT2D eigenvalue weighted by Gasteiger charge is -2.40. The van der Waals surface area contributed by atoms with Gasteiger partial charge in [0.2, 0.25) is 5.91 Å². The van der Waals surface area contributed by atoms with Crippen molar-refractivity contribution in [2.24, 2.45) is 5.92 Å². The summed E-state index contributed by atoms with van der Waals surface area (Å²) in [6.45, 7) is 3.20. The monoisotopic (exact) mass is 258 g/mol. The second-order valence-electron chi connectivity index (χ2n) is 4.85. The van der Waals surface area contributed by atoms with Crippen LogP contribution in [0.1, 0.15) is 20.3 Å². The van der Waals surface area contributed by atoms with Crippen LogP contribution in [0.25, 0.3) is 0 Å². The lowest BCUT2D eigenvalue weighted by Crippen LogP contribution is -2.61. The van der Waals surface area contributed by atoms with E-state index in [1.54, 1.807) is 13.8 Å². The summed E-state index contributed by atoms with van der Waals surface area (Å²) in [6, 6.07) is -0.817. The van der Waals surface area contributed by atoms with Crippen LogP contribution in [0.3, 0.4) is 0 Å². The van der Waals surface area contributed by atoms with Gasteiger partial charge < -0.3 is 14.9 Å². The molecule has 3 amide bonds. The molecular formula is C11H18N2O5. The SMILES string of the molecule is CC1C(=O)NC(=O)N(C2CC(O)C(CO)O2)C1C. The van der Waals surface area contributed by atoms with Crippen LogP contribution < -0.4 is 5.32 Å². The molecule has 5 unspecified atom stereocenters. The van der Waals surface area contributed by atoms with E-state index in [9.17, 15) is 14.7 Å². The zero-order valence-electron chi connectivity index (χ0n) is 10.4. The van der Waals surface area contributed by atoms with Gasteiger partial charge in [-0.05, 0) is 6.92 Å². The molecular weight excluding hydrogens is 240 g/mol. The molecule has 0 aromatic rings. The van der Waals surface area contributed by atoms with Crippen molar-refractivity contribution >= 4 is 11.9 Å². The van der Waals surface area contributed by atoms with Gasteiger partial charge in [-0.1, -0.05) is 6.92 Å². The van der Waals surface area contributed by atoms with E-state index >= 15 is 0 Å². The number of rotatable bonds is 2. The maximum atomic E-state index is 11.8. The Bertz CT molecular complexity index is 361. The number of urea groups is 1. The number of aliphatic hydroxyl groups is 2. The molecule has 2 aliphatic rings. The van der Waals surface area contributed by atoms with Crippen molar-refractivity contribution in [3.8, 4) is 0 Å². The highest BCUT2D eigenvalue weighted by Gasteiger charge is 2.45. The maximum absolute atomic E-state index is 11.8. The summed E-state index contributed by atoms with van der Waals surface area (Å²) in [5.74, 6) is -0.641. The van der Waals surface area contributed by atoms with Crippen molar-refractivity contribution in [3.63, 3.8) is 0 Å². The third-order valence-electron chi connectivity index (χ3n) is 3.73. The molecule has 0 aromatic carbocycles. The predicted molar refractivity (Wildman–Crippen MR) is 60.4 cm³/mol. The number of nitrogens with zero attached hydrogens (tertiary/aromatic N) is 1. The van der Waals surface area contributed by atoms with Crippen LogP contribution in [0, 0.1) is 5.92 Å². The summed E-state index contributed by atoms with van der Waals surface area (Å²) in [5.41, 5.74) is 0. The first-order valence-corrected chi connectivity index (χ1v) is 6.03. The fraction of sp³-hybridized carbons (Fsp3) is 0.818. The normalized spacial score (nSPS) is 41.1. The van der Waals surface area contributed by atoms with Gasteiger partial charge in [-0.25, -0.2) is 4.79 Å². The van der Waals surface area contributed by atoms with Gasteiger partial charge in [0.05, 0.1) is 18.6 Å². The molecule has 7 nitrogen and oxygen atoms in total. The van der Waals surface area contributed by atoms with Crippen molar-refractivity contribution < 1.29 is 24.5 Å². The average Bonchev–Trinajstić information content (AvgIpc) is 2.67. The molecule has 2 heterocycles. The Hall–Kier alpha value is -1.18. The molecule has 0 aromatic heterocycles. The fourth-order valence-corrected chi connectivity index (χ4v) is 2.37. The summed E-state index contributed by atoms with van der Waals surface area (Å²) >= 11 is 0. The number of aliphatic hydroxyl groups excluding tert-OH is 2. The second-order valence-corrected chi connectivity index (χ2v) is 4.85. The van der Waals surface area contributed by atoms with Crippen LogP contribution in [-0.4, -0.2) is 58.1 Å². The van der Waals surface area contributed by atoms with Crippen molar-refractivity contribution in [1.29, 1.82) is 0 Å². The van der Waals surface area contributed by atoms with Gasteiger partial charge in [-0.15, -0.1) is 0 Å². The van der Waals surface area contributed by atoms with E-state index in [0.717, 1.165) is 0 Å². The van der Waals surface area contributed by atoms with Crippen LogP contribution in [0.4, 0.5) is 4.79 Å². The van der Waals surface area contributed by atoms with E-state index in [2.05, 4.69) is 5.32 Å². The quantitative estimate of drug-likeness (QED) is 0.592. The third kappa shape index (κ3) is 2.09. The molecule has 2 aliphatic heterocycles. The van der Waals surface area contributed by atoms with E-state index in [0.29, 0.717) is 0 Å². The zero-order chi connectivity index (χ0) is 13.4. The summed E-state index contributed by atoms with van der Waals surface area (Å²) in [7, 11) is 0. The Morgan fingerprint density at radius 1 is 1.44 bits per heavy atom. The molecule has 0 saturated carbocycles. The standard InChI is InChI=1S/C11H18N2O5/c1-5-6(2)13(11(17)12-10(5)16)9-3-7(15)8(4-14)18-9/h5-9,14-15H,3-4H2,1-2H3,(H,12,16,17). The van der Waals surface area contributed by atoms with Gasteiger partial charge in [-0.3, -0.25) is 15.0 Å². The predicted octanol–water partition coefficient (Wildman–Crippen LogP) is -0.969. The number of hydrogen-bond donors (Lipinski definition) is 3. The lowest BCUT2D eigenvalue weighted by molar-refractivity contribution is -0.132. The number of imide groups is 1. The highest BCUT2D eigenvalue weighted by molar-refractivity contribution is 5.98. The molecule has 2 saturated heterocycles. The summed E-state index contributed by atoms with van der Waals surface area (Å²) in [6.07, 6.45) is -1.84. The molecule has 0 aliphatic carbocycles. The highest BCUT2D eigenvalue weighted by Crippen LogP contribution is 2.28. The zero-order valence-corrected chi connectivity index (χ0v) is 10.4. The van der Waals surface area contributed by atoms with Gasteiger partial charge in [0.1, 0.15) is 12.3 Å². The van der Waals surface area contributed by atoms with Crippen LogP contribution in [0.2, 0.25) is 0 Å². The van der Waals surface area contributed by atoms with Crippen molar-refractivity contribution in [1.82, 2.24) is 10.2 Å². The lowest BCUT2D eigenvalue weighted by atomic mass is 9.98. The van der Waals surface area contributed by atoms with Gasteiger partial charge in [0.25, 0.3) is 0 Å². The Morgan fingerprint density at radius 3 is 2.67 bits per heavy atom. The largest absolute Gasteiger partial charge is 0.394 e. The fourth-order valence-electron chi connectivity index (χ4n) is 2.37. The minimum atomic E-state index is -0.798. The average molecular weight is 258 g/mol. The Morgan fingerprint density at radius 2 is 2.11 bits per heavy atom. The van der Waals surface area contributed by atoms with Crippen molar-refractivity contribution in [2.75, 3.05) is 6.61 Å². The first-order valence-electron chi connectivity index (χ1n) is 6.03. The molecule has 2 fully saturated rings. The topological polar surface area (TPSA) is 99.1 Å². The molecule has 0 bridgehead atoms. The second kappa shape index (κ2) is 4.83. The minimum Gasteiger partial charge on any atom is -0.394 e. The molecule has 18 heavy (non-hydrogen) atoms. The van der Waals surface area contributed by atoms with E-state index in [4.69, 9.17) is 9.84 Å². The minimum absolute atomic E-state index is 0.240. The van der Waals surface area contributed by atoms with Gasteiger partial charge in [0, 0.05) is 12.5 Å². The Kier molecular flexibility index (Phi) is 3.56. The molecule has 0 spiro atoms. The van der Waals surface area contributed by atoms with E-state index < -0.39 is 24.5 Å². The molecule has 3 N–H and O–H groups in total. The molecule has 5 atom stereocenters. The number of amides is 3. The van der Waals surface area contributed by atoms with Crippen molar-refractivity contribution in [2.45, 2.75) is 44.7 Å². The summed E-state index contributed by atoms with van der Waals surface area (Å²) in [5, 5.41) is 20.9. The summed E-state index contributed by atoms with van der Waals surface area (Å²) in [4.78, 5) is 24.7.